The van der Waals surface area contributed by atoms with Crippen molar-refractivity contribution in [2.45, 2.75) is 0 Å². The molecule has 2 aromatic rings. The lowest BCUT2D eigenvalue weighted by molar-refractivity contribution is 0.0602. The van der Waals surface area contributed by atoms with Gasteiger partial charge in [0.05, 0.1) is 19.8 Å². The number of nitrogens with two attached hydrogens (primary N) is 1. The summed E-state index contributed by atoms with van der Waals surface area (Å²) in [5.41, 5.74) is 8.33. The van der Waals surface area contributed by atoms with Crippen LogP contribution >= 0.6 is 0 Å². The van der Waals surface area contributed by atoms with Crippen LogP contribution in [0.4, 0.5) is 17.1 Å². The second kappa shape index (κ2) is 6.17. The van der Waals surface area contributed by atoms with Gasteiger partial charge in [0.2, 0.25) is 0 Å². The Morgan fingerprint density at radius 1 is 1.10 bits per heavy atom. The Labute approximate surface area is 123 Å². The van der Waals surface area contributed by atoms with E-state index in [4.69, 9.17) is 15.2 Å². The van der Waals surface area contributed by atoms with Crippen molar-refractivity contribution in [1.82, 2.24) is 0 Å². The molecule has 0 unspecified atom stereocenters. The number of carbonyl (C=O) groups is 1. The van der Waals surface area contributed by atoms with E-state index in [9.17, 15) is 4.79 Å². The van der Waals surface area contributed by atoms with Gasteiger partial charge in [-0.3, -0.25) is 0 Å². The zero-order valence-corrected chi connectivity index (χ0v) is 12.3. The van der Waals surface area contributed by atoms with Gasteiger partial charge in [-0.15, -0.1) is 0 Å². The average Bonchev–Trinajstić information content (AvgIpc) is 2.54. The molecule has 0 aliphatic rings. The highest BCUT2D eigenvalue weighted by molar-refractivity contribution is 5.96. The molecule has 0 radical (unpaired) electrons. The second-order valence-corrected chi connectivity index (χ2v) is 4.52. The summed E-state index contributed by atoms with van der Waals surface area (Å²) in [5, 5.41) is 0. The predicted molar refractivity (Wildman–Crippen MR) is 83.3 cm³/mol. The first-order chi connectivity index (χ1) is 10.1. The molecular formula is C16H18N2O3. The van der Waals surface area contributed by atoms with Gasteiger partial charge in [0.25, 0.3) is 0 Å². The Morgan fingerprint density at radius 2 is 1.81 bits per heavy atom. The number of anilines is 3. The van der Waals surface area contributed by atoms with Crippen molar-refractivity contribution in [2.24, 2.45) is 0 Å². The van der Waals surface area contributed by atoms with Crippen molar-refractivity contribution in [3.63, 3.8) is 0 Å². The lowest BCUT2D eigenvalue weighted by atomic mass is 10.1. The van der Waals surface area contributed by atoms with Gasteiger partial charge in [-0.25, -0.2) is 4.79 Å². The number of ether oxygens (including phenoxy) is 2. The molecular weight excluding hydrogens is 268 g/mol. The molecule has 0 atom stereocenters. The average molecular weight is 286 g/mol. The van der Waals surface area contributed by atoms with Crippen LogP contribution in [0.5, 0.6) is 5.75 Å². The van der Waals surface area contributed by atoms with Gasteiger partial charge >= 0.3 is 5.97 Å². The first-order valence-electron chi connectivity index (χ1n) is 6.42. The van der Waals surface area contributed by atoms with Crippen molar-refractivity contribution in [1.29, 1.82) is 0 Å². The quantitative estimate of drug-likeness (QED) is 0.691. The number of methoxy groups -OCH3 is 2. The van der Waals surface area contributed by atoms with Crippen molar-refractivity contribution in [2.75, 3.05) is 31.9 Å². The van der Waals surface area contributed by atoms with Crippen molar-refractivity contribution in [3.05, 3.63) is 48.0 Å². The normalized spacial score (nSPS) is 10.0. The summed E-state index contributed by atoms with van der Waals surface area (Å²) in [7, 11) is 4.86. The second-order valence-electron chi connectivity index (χ2n) is 4.52. The number of rotatable bonds is 4. The lowest BCUT2D eigenvalue weighted by Gasteiger charge is -2.21. The van der Waals surface area contributed by atoms with Crippen LogP contribution in [0.15, 0.2) is 42.5 Å². The Kier molecular flexibility index (Phi) is 4.33. The molecule has 0 heterocycles. The predicted octanol–water partition coefficient (Wildman–Crippen LogP) is 2.83. The summed E-state index contributed by atoms with van der Waals surface area (Å²) in [4.78, 5) is 13.6. The van der Waals surface area contributed by atoms with Gasteiger partial charge < -0.3 is 20.1 Å². The van der Waals surface area contributed by atoms with Crippen LogP contribution in [-0.2, 0) is 4.74 Å². The maximum atomic E-state index is 11.7. The first kappa shape index (κ1) is 14.7. The monoisotopic (exact) mass is 286 g/mol. The molecule has 0 bridgehead atoms. The molecule has 5 heteroatoms. The van der Waals surface area contributed by atoms with Crippen molar-refractivity contribution >= 4 is 23.0 Å². The molecule has 0 saturated carbocycles. The van der Waals surface area contributed by atoms with Crippen LogP contribution < -0.4 is 15.4 Å². The summed E-state index contributed by atoms with van der Waals surface area (Å²) in [6.07, 6.45) is 0. The first-order valence-corrected chi connectivity index (χ1v) is 6.42. The molecule has 0 aliphatic heterocycles. The van der Waals surface area contributed by atoms with Gasteiger partial charge in [0.15, 0.2) is 0 Å². The minimum absolute atomic E-state index is 0.352. The van der Waals surface area contributed by atoms with E-state index < -0.39 is 5.97 Å². The third-order valence-electron chi connectivity index (χ3n) is 3.27. The Morgan fingerprint density at radius 3 is 2.48 bits per heavy atom. The molecule has 0 saturated heterocycles. The number of benzene rings is 2. The zero-order valence-electron chi connectivity index (χ0n) is 12.3. The third kappa shape index (κ3) is 3.08. The summed E-state index contributed by atoms with van der Waals surface area (Å²) in [5.74, 6) is 0.316. The number of hydrogen-bond donors (Lipinski definition) is 1. The Balaban J connectivity index is 2.38. The molecule has 0 aliphatic carbocycles. The fourth-order valence-electron chi connectivity index (χ4n) is 2.01. The van der Waals surface area contributed by atoms with E-state index in [2.05, 4.69) is 0 Å². The largest absolute Gasteiger partial charge is 0.497 e. The van der Waals surface area contributed by atoms with Gasteiger partial charge in [-0.2, -0.15) is 0 Å². The number of hydrogen-bond acceptors (Lipinski definition) is 5. The van der Waals surface area contributed by atoms with Crippen molar-refractivity contribution in [3.8, 4) is 5.75 Å². The summed E-state index contributed by atoms with van der Waals surface area (Å²) < 4.78 is 9.96. The molecule has 2 aromatic carbocycles. The topological polar surface area (TPSA) is 64.8 Å². The molecule has 0 fully saturated rings. The van der Waals surface area contributed by atoms with E-state index in [-0.39, 0.29) is 0 Å². The highest BCUT2D eigenvalue weighted by atomic mass is 16.5. The van der Waals surface area contributed by atoms with E-state index in [0.29, 0.717) is 11.3 Å². The van der Waals surface area contributed by atoms with Crippen LogP contribution in [0.1, 0.15) is 10.4 Å². The third-order valence-corrected chi connectivity index (χ3v) is 3.27. The van der Waals surface area contributed by atoms with Gasteiger partial charge in [0, 0.05) is 30.2 Å². The smallest absolute Gasteiger partial charge is 0.340 e. The van der Waals surface area contributed by atoms with E-state index >= 15 is 0 Å². The molecule has 2 N–H and O–H groups in total. The number of nitrogen functional groups attached to an aromatic ring is 1. The molecule has 0 aromatic heterocycles. The lowest BCUT2D eigenvalue weighted by Crippen LogP contribution is -2.12. The molecule has 5 nitrogen and oxygen atoms in total. The minimum atomic E-state index is -0.451. The van der Waals surface area contributed by atoms with E-state index in [1.54, 1.807) is 19.2 Å². The van der Waals surface area contributed by atoms with E-state index in [1.807, 2.05) is 42.3 Å². The SMILES string of the molecule is COC(=O)c1cc(N(C)c2cccc(OC)c2)ccc1N. The maximum absolute atomic E-state index is 11.7. The number of carbonyl (C=O) groups excluding carboxylic acids is 1. The van der Waals surface area contributed by atoms with E-state index in [0.717, 1.165) is 17.1 Å². The Hall–Kier alpha value is -2.69. The van der Waals surface area contributed by atoms with Crippen LogP contribution in [0.3, 0.4) is 0 Å². The molecule has 0 amide bonds. The van der Waals surface area contributed by atoms with Crippen LogP contribution in [0, 0.1) is 0 Å². The standard InChI is InChI=1S/C16H18N2O3/c1-18(11-5-4-6-13(9-11)20-2)12-7-8-15(17)14(10-12)16(19)21-3/h4-10H,17H2,1-3H3. The highest BCUT2D eigenvalue weighted by Crippen LogP contribution is 2.29. The number of esters is 1. The molecule has 21 heavy (non-hydrogen) atoms. The molecule has 110 valence electrons. The fourth-order valence-corrected chi connectivity index (χ4v) is 2.01. The van der Waals surface area contributed by atoms with Crippen molar-refractivity contribution < 1.29 is 14.3 Å². The van der Waals surface area contributed by atoms with Gasteiger partial charge in [-0.1, -0.05) is 6.07 Å². The Bertz CT molecular complexity index is 656. The number of nitrogens with zero attached hydrogens (tertiary/aromatic N) is 1. The highest BCUT2D eigenvalue weighted by Gasteiger charge is 2.13. The van der Waals surface area contributed by atoms with E-state index in [1.165, 1.54) is 7.11 Å². The van der Waals surface area contributed by atoms with Gasteiger partial charge in [0.1, 0.15) is 5.75 Å². The zero-order chi connectivity index (χ0) is 15.4. The van der Waals surface area contributed by atoms with Crippen LogP contribution in [0.25, 0.3) is 0 Å². The van der Waals surface area contributed by atoms with Crippen LogP contribution in [0.2, 0.25) is 0 Å². The van der Waals surface area contributed by atoms with Crippen LogP contribution in [-0.4, -0.2) is 27.2 Å². The molecule has 0 spiro atoms. The van der Waals surface area contributed by atoms with Gasteiger partial charge in [-0.05, 0) is 30.3 Å². The molecule has 2 rings (SSSR count). The summed E-state index contributed by atoms with van der Waals surface area (Å²) >= 11 is 0. The fraction of sp³-hybridized carbons (Fsp3) is 0.188. The minimum Gasteiger partial charge on any atom is -0.497 e. The summed E-state index contributed by atoms with van der Waals surface area (Å²) in [6, 6.07) is 12.9. The maximum Gasteiger partial charge on any atom is 0.340 e. The summed E-state index contributed by atoms with van der Waals surface area (Å²) in [6.45, 7) is 0.